The van der Waals surface area contributed by atoms with Gasteiger partial charge in [-0.2, -0.15) is 0 Å². The van der Waals surface area contributed by atoms with E-state index < -0.39 is 9.05 Å². The molecule has 106 valence electrons. The Morgan fingerprint density at radius 2 is 1.75 bits per heavy atom. The lowest BCUT2D eigenvalue weighted by Crippen LogP contribution is -1.98. The fourth-order valence-corrected chi connectivity index (χ4v) is 2.64. The van der Waals surface area contributed by atoms with Gasteiger partial charge in [-0.3, -0.25) is 0 Å². The van der Waals surface area contributed by atoms with Crippen LogP contribution in [0.15, 0.2) is 47.4 Å². The molecule has 2 aromatic carbocycles. The molecule has 3 nitrogen and oxygen atoms in total. The molecule has 0 saturated carbocycles. The van der Waals surface area contributed by atoms with Gasteiger partial charge in [-0.15, -0.1) is 0 Å². The molecule has 0 heterocycles. The van der Waals surface area contributed by atoms with Gasteiger partial charge in [0.25, 0.3) is 9.05 Å². The Bertz CT molecular complexity index is 710. The first kappa shape index (κ1) is 15.2. The lowest BCUT2D eigenvalue weighted by molar-refractivity contribution is 0.304. The minimum Gasteiger partial charge on any atom is -0.489 e. The van der Waals surface area contributed by atoms with Crippen LogP contribution >= 0.6 is 22.3 Å². The fourth-order valence-electron chi connectivity index (χ4n) is 1.68. The Balaban J connectivity index is 2.12. The number of benzene rings is 2. The summed E-state index contributed by atoms with van der Waals surface area (Å²) < 4.78 is 28.1. The van der Waals surface area contributed by atoms with Crippen molar-refractivity contribution in [3.8, 4) is 5.75 Å². The Kier molecular flexibility index (Phi) is 4.58. The molecule has 0 aliphatic rings. The highest BCUT2D eigenvalue weighted by molar-refractivity contribution is 8.13. The lowest BCUT2D eigenvalue weighted by Gasteiger charge is -2.10. The third-order valence-electron chi connectivity index (χ3n) is 2.74. The molecule has 6 heteroatoms. The third kappa shape index (κ3) is 3.88. The summed E-state index contributed by atoms with van der Waals surface area (Å²) in [6.45, 7) is 2.15. The molecular weight excluding hydrogens is 319 g/mol. The van der Waals surface area contributed by atoms with Crippen LogP contribution in [0, 0.1) is 6.92 Å². The SMILES string of the molecule is Cc1cc(S(=O)(=O)Cl)ccc1OCc1ccc(Cl)cc1. The van der Waals surface area contributed by atoms with E-state index in [4.69, 9.17) is 27.0 Å². The zero-order valence-electron chi connectivity index (χ0n) is 10.6. The largest absolute Gasteiger partial charge is 0.489 e. The molecule has 2 rings (SSSR count). The highest BCUT2D eigenvalue weighted by Gasteiger charge is 2.11. The maximum absolute atomic E-state index is 11.2. The number of halogens is 2. The smallest absolute Gasteiger partial charge is 0.261 e. The van der Waals surface area contributed by atoms with Crippen LogP contribution < -0.4 is 4.74 Å². The van der Waals surface area contributed by atoms with E-state index in [2.05, 4.69) is 0 Å². The van der Waals surface area contributed by atoms with E-state index in [0.717, 1.165) is 5.56 Å². The van der Waals surface area contributed by atoms with Crippen molar-refractivity contribution in [2.45, 2.75) is 18.4 Å². The van der Waals surface area contributed by atoms with Gasteiger partial charge in [0, 0.05) is 15.7 Å². The summed E-state index contributed by atoms with van der Waals surface area (Å²) in [5.41, 5.74) is 1.68. The standard InChI is InChI=1S/C14H12Cl2O3S/c1-10-8-13(20(16,17)18)6-7-14(10)19-9-11-2-4-12(15)5-3-11/h2-8H,9H2,1H3. The Morgan fingerprint density at radius 1 is 1.10 bits per heavy atom. The van der Waals surface area contributed by atoms with Crippen molar-refractivity contribution in [2.75, 3.05) is 0 Å². The van der Waals surface area contributed by atoms with Gasteiger partial charge >= 0.3 is 0 Å². The molecular formula is C14H12Cl2O3S. The normalized spacial score (nSPS) is 11.3. The van der Waals surface area contributed by atoms with Gasteiger partial charge < -0.3 is 4.74 Å². The second-order valence-electron chi connectivity index (χ2n) is 4.28. The molecule has 20 heavy (non-hydrogen) atoms. The summed E-state index contributed by atoms with van der Waals surface area (Å²) in [6, 6.07) is 11.8. The van der Waals surface area contributed by atoms with Gasteiger partial charge in [-0.05, 0) is 48.4 Å². The lowest BCUT2D eigenvalue weighted by atomic mass is 10.2. The summed E-state index contributed by atoms with van der Waals surface area (Å²) >= 11 is 5.80. The molecule has 0 N–H and O–H groups in total. The molecule has 0 amide bonds. The molecule has 0 aliphatic heterocycles. The predicted octanol–water partition coefficient (Wildman–Crippen LogP) is 4.15. The van der Waals surface area contributed by atoms with E-state index in [9.17, 15) is 8.42 Å². The highest BCUT2D eigenvalue weighted by Crippen LogP contribution is 2.24. The van der Waals surface area contributed by atoms with Gasteiger partial charge in [-0.1, -0.05) is 23.7 Å². The molecule has 0 spiro atoms. The van der Waals surface area contributed by atoms with Crippen molar-refractivity contribution >= 4 is 31.3 Å². The topological polar surface area (TPSA) is 43.4 Å². The first-order valence-corrected chi connectivity index (χ1v) is 8.47. The first-order valence-electron chi connectivity index (χ1n) is 5.79. The summed E-state index contributed by atoms with van der Waals surface area (Å²) in [5, 5.41) is 0.668. The average molecular weight is 331 g/mol. The second-order valence-corrected chi connectivity index (χ2v) is 7.28. The zero-order valence-corrected chi connectivity index (χ0v) is 13.0. The van der Waals surface area contributed by atoms with E-state index in [1.807, 2.05) is 12.1 Å². The van der Waals surface area contributed by atoms with Crippen molar-refractivity contribution in [1.82, 2.24) is 0 Å². The van der Waals surface area contributed by atoms with Crippen LogP contribution in [-0.4, -0.2) is 8.42 Å². The molecule has 0 saturated heterocycles. The van der Waals surface area contributed by atoms with Gasteiger partial charge in [-0.25, -0.2) is 8.42 Å². The maximum atomic E-state index is 11.2. The number of hydrogen-bond acceptors (Lipinski definition) is 3. The fraction of sp³-hybridized carbons (Fsp3) is 0.143. The predicted molar refractivity (Wildman–Crippen MR) is 80.0 cm³/mol. The van der Waals surface area contributed by atoms with Crippen molar-refractivity contribution < 1.29 is 13.2 Å². The van der Waals surface area contributed by atoms with E-state index >= 15 is 0 Å². The van der Waals surface area contributed by atoms with E-state index in [1.165, 1.54) is 12.1 Å². The van der Waals surface area contributed by atoms with E-state index in [1.54, 1.807) is 25.1 Å². The van der Waals surface area contributed by atoms with Crippen molar-refractivity contribution in [3.05, 3.63) is 58.6 Å². The maximum Gasteiger partial charge on any atom is 0.261 e. The molecule has 0 fully saturated rings. The van der Waals surface area contributed by atoms with Crippen molar-refractivity contribution in [2.24, 2.45) is 0 Å². The van der Waals surface area contributed by atoms with Gasteiger partial charge in [0.2, 0.25) is 0 Å². The zero-order chi connectivity index (χ0) is 14.8. The number of ether oxygens (including phenoxy) is 1. The second kappa shape index (κ2) is 6.04. The summed E-state index contributed by atoms with van der Waals surface area (Å²) in [7, 11) is 1.58. The number of aryl methyl sites for hydroxylation is 1. The van der Waals surface area contributed by atoms with Crippen molar-refractivity contribution in [1.29, 1.82) is 0 Å². The molecule has 0 radical (unpaired) electrons. The average Bonchev–Trinajstić information content (AvgIpc) is 2.38. The quantitative estimate of drug-likeness (QED) is 0.790. The minimum absolute atomic E-state index is 0.0653. The molecule has 0 aromatic heterocycles. The van der Waals surface area contributed by atoms with Crippen LogP contribution in [0.3, 0.4) is 0 Å². The van der Waals surface area contributed by atoms with Crippen molar-refractivity contribution in [3.63, 3.8) is 0 Å². The highest BCUT2D eigenvalue weighted by atomic mass is 35.7. The molecule has 0 atom stereocenters. The third-order valence-corrected chi connectivity index (χ3v) is 4.34. The monoisotopic (exact) mass is 330 g/mol. The molecule has 0 bridgehead atoms. The van der Waals surface area contributed by atoms with Crippen LogP contribution in [0.4, 0.5) is 0 Å². The number of rotatable bonds is 4. The summed E-state index contributed by atoms with van der Waals surface area (Å²) in [5.74, 6) is 0.615. The van der Waals surface area contributed by atoms with Crippen LogP contribution in [0.25, 0.3) is 0 Å². The molecule has 2 aromatic rings. The minimum atomic E-state index is -3.71. The van der Waals surface area contributed by atoms with Gasteiger partial charge in [0.05, 0.1) is 4.90 Å². The Morgan fingerprint density at radius 3 is 2.30 bits per heavy atom. The van der Waals surface area contributed by atoms with Crippen LogP contribution in [-0.2, 0) is 15.7 Å². The van der Waals surface area contributed by atoms with Gasteiger partial charge in [0.1, 0.15) is 12.4 Å². The summed E-state index contributed by atoms with van der Waals surface area (Å²) in [6.07, 6.45) is 0. The summed E-state index contributed by atoms with van der Waals surface area (Å²) in [4.78, 5) is 0.0653. The molecule has 0 unspecified atom stereocenters. The van der Waals surface area contributed by atoms with Crippen LogP contribution in [0.5, 0.6) is 5.75 Å². The Labute approximate surface area is 127 Å². The van der Waals surface area contributed by atoms with Crippen LogP contribution in [0.2, 0.25) is 5.02 Å². The molecule has 0 aliphatic carbocycles. The van der Waals surface area contributed by atoms with E-state index in [-0.39, 0.29) is 4.90 Å². The van der Waals surface area contributed by atoms with E-state index in [0.29, 0.717) is 22.9 Å². The van der Waals surface area contributed by atoms with Gasteiger partial charge in [0.15, 0.2) is 0 Å². The number of hydrogen-bond donors (Lipinski definition) is 0. The Hall–Kier alpha value is -1.23. The van der Waals surface area contributed by atoms with Crippen LogP contribution in [0.1, 0.15) is 11.1 Å². The first-order chi connectivity index (χ1) is 9.36.